The minimum Gasteiger partial charge on any atom is -0.394 e. The van der Waals surface area contributed by atoms with E-state index in [2.05, 4.69) is 26.1 Å². The third-order valence-electron chi connectivity index (χ3n) is 6.89. The first-order valence-corrected chi connectivity index (χ1v) is 12.4. The van der Waals surface area contributed by atoms with Crippen molar-refractivity contribution in [3.05, 3.63) is 0 Å². The van der Waals surface area contributed by atoms with E-state index in [9.17, 15) is 5.11 Å². The summed E-state index contributed by atoms with van der Waals surface area (Å²) in [5.74, 6) is 0. The summed E-state index contributed by atoms with van der Waals surface area (Å²) in [5.41, 5.74) is 0.488. The first-order valence-electron chi connectivity index (χ1n) is 12.4. The maximum Gasteiger partial charge on any atom is 0.0613 e. The molecule has 2 N–H and O–H groups in total. The number of aliphatic hydroxyl groups excluding tert-OH is 1. The fourth-order valence-corrected chi connectivity index (χ4v) is 4.47. The highest BCUT2D eigenvalue weighted by Crippen LogP contribution is 2.39. The maximum atomic E-state index is 9.86. The van der Waals surface area contributed by atoms with E-state index in [1.54, 1.807) is 0 Å². The van der Waals surface area contributed by atoms with Crippen molar-refractivity contribution in [1.29, 1.82) is 0 Å². The molecule has 0 bridgehead atoms. The highest BCUT2D eigenvalue weighted by molar-refractivity contribution is 4.94. The molecule has 1 fully saturated rings. The Morgan fingerprint density at radius 1 is 0.630 bits per heavy atom. The molecule has 0 saturated heterocycles. The van der Waals surface area contributed by atoms with Crippen molar-refractivity contribution in [2.24, 2.45) is 5.41 Å². The van der Waals surface area contributed by atoms with Gasteiger partial charge in [0.25, 0.3) is 0 Å². The molecular weight excluding hydrogens is 330 g/mol. The summed E-state index contributed by atoms with van der Waals surface area (Å²) in [6, 6.07) is 0. The lowest BCUT2D eigenvalue weighted by molar-refractivity contribution is 0.0760. The van der Waals surface area contributed by atoms with Gasteiger partial charge in [0.05, 0.1) is 6.61 Å². The van der Waals surface area contributed by atoms with Crippen molar-refractivity contribution in [1.82, 2.24) is 5.32 Å². The van der Waals surface area contributed by atoms with Gasteiger partial charge >= 0.3 is 0 Å². The molecule has 1 aliphatic carbocycles. The standard InChI is InChI=1S/C25H51NO/c1-4-5-6-7-8-9-10-11-12-13-14-15-16-17-22-26-25(23-27)20-18-24(2,3)19-21-25/h26-27H,4-23H2,1-3H3. The third-order valence-corrected chi connectivity index (χ3v) is 6.89. The molecule has 0 aromatic carbocycles. The summed E-state index contributed by atoms with van der Waals surface area (Å²) in [6.45, 7) is 8.41. The molecule has 2 nitrogen and oxygen atoms in total. The van der Waals surface area contributed by atoms with E-state index < -0.39 is 0 Å². The van der Waals surface area contributed by atoms with Gasteiger partial charge in [0, 0.05) is 5.54 Å². The Morgan fingerprint density at radius 3 is 1.44 bits per heavy atom. The lowest BCUT2D eigenvalue weighted by Crippen LogP contribution is -2.52. The van der Waals surface area contributed by atoms with Crippen LogP contribution in [0.15, 0.2) is 0 Å². The van der Waals surface area contributed by atoms with Crippen LogP contribution in [0.25, 0.3) is 0 Å². The maximum absolute atomic E-state index is 9.86. The molecule has 0 spiro atoms. The summed E-state index contributed by atoms with van der Waals surface area (Å²) in [6.07, 6.45) is 24.5. The molecule has 1 rings (SSSR count). The molecule has 162 valence electrons. The van der Waals surface area contributed by atoms with E-state index in [1.165, 1.54) is 103 Å². The van der Waals surface area contributed by atoms with E-state index in [1.807, 2.05) is 0 Å². The smallest absolute Gasteiger partial charge is 0.0613 e. The van der Waals surface area contributed by atoms with Crippen LogP contribution < -0.4 is 5.32 Å². The van der Waals surface area contributed by atoms with Gasteiger partial charge in [-0.15, -0.1) is 0 Å². The molecule has 0 aliphatic heterocycles. The summed E-state index contributed by atoms with van der Waals surface area (Å²) in [5, 5.41) is 13.6. The number of unbranched alkanes of at least 4 members (excludes halogenated alkanes) is 13. The molecule has 0 unspecified atom stereocenters. The van der Waals surface area contributed by atoms with Gasteiger partial charge in [-0.3, -0.25) is 0 Å². The first-order chi connectivity index (χ1) is 13.0. The second-order valence-electron chi connectivity index (χ2n) is 10.1. The molecule has 1 saturated carbocycles. The summed E-state index contributed by atoms with van der Waals surface area (Å²) >= 11 is 0. The van der Waals surface area contributed by atoms with Crippen LogP contribution in [0.5, 0.6) is 0 Å². The fraction of sp³-hybridized carbons (Fsp3) is 1.00. The lowest BCUT2D eigenvalue weighted by atomic mass is 9.69. The van der Waals surface area contributed by atoms with E-state index in [0.29, 0.717) is 12.0 Å². The van der Waals surface area contributed by atoms with Crippen molar-refractivity contribution in [3.8, 4) is 0 Å². The number of hydrogen-bond donors (Lipinski definition) is 2. The van der Waals surface area contributed by atoms with Crippen LogP contribution in [-0.2, 0) is 0 Å². The minimum atomic E-state index is 0.0199. The van der Waals surface area contributed by atoms with Crippen molar-refractivity contribution < 1.29 is 5.11 Å². The second kappa shape index (κ2) is 14.9. The molecule has 0 heterocycles. The normalized spacial score (nSPS) is 18.7. The molecule has 0 aromatic rings. The van der Waals surface area contributed by atoms with Crippen molar-refractivity contribution in [2.75, 3.05) is 13.2 Å². The van der Waals surface area contributed by atoms with Crippen molar-refractivity contribution in [3.63, 3.8) is 0 Å². The molecule has 0 aromatic heterocycles. The third kappa shape index (κ3) is 12.2. The average molecular weight is 382 g/mol. The van der Waals surface area contributed by atoms with Gasteiger partial charge in [-0.1, -0.05) is 104 Å². The van der Waals surface area contributed by atoms with E-state index in [4.69, 9.17) is 0 Å². The Morgan fingerprint density at radius 2 is 1.04 bits per heavy atom. The van der Waals surface area contributed by atoms with E-state index in [-0.39, 0.29) is 5.54 Å². The van der Waals surface area contributed by atoms with Crippen LogP contribution in [0.3, 0.4) is 0 Å². The van der Waals surface area contributed by atoms with Crippen LogP contribution in [0, 0.1) is 5.41 Å². The Bertz CT molecular complexity index is 329. The van der Waals surface area contributed by atoms with Crippen LogP contribution in [-0.4, -0.2) is 23.8 Å². The van der Waals surface area contributed by atoms with Gasteiger partial charge < -0.3 is 10.4 Å². The zero-order valence-corrected chi connectivity index (χ0v) is 19.1. The van der Waals surface area contributed by atoms with Crippen LogP contribution in [0.4, 0.5) is 0 Å². The van der Waals surface area contributed by atoms with E-state index >= 15 is 0 Å². The topological polar surface area (TPSA) is 32.3 Å². The number of rotatable bonds is 17. The Labute approximate surface area is 171 Å². The monoisotopic (exact) mass is 381 g/mol. The Balaban J connectivity index is 1.86. The van der Waals surface area contributed by atoms with Crippen molar-refractivity contribution >= 4 is 0 Å². The molecular formula is C25H51NO. The number of aliphatic hydroxyl groups is 1. The Kier molecular flexibility index (Phi) is 13.7. The molecule has 27 heavy (non-hydrogen) atoms. The van der Waals surface area contributed by atoms with Crippen LogP contribution in [0.1, 0.15) is 136 Å². The first kappa shape index (κ1) is 25.0. The largest absolute Gasteiger partial charge is 0.394 e. The van der Waals surface area contributed by atoms with Gasteiger partial charge in [-0.25, -0.2) is 0 Å². The van der Waals surface area contributed by atoms with Gasteiger partial charge in [0.1, 0.15) is 0 Å². The zero-order valence-electron chi connectivity index (χ0n) is 19.1. The van der Waals surface area contributed by atoms with Crippen LogP contribution in [0.2, 0.25) is 0 Å². The second-order valence-corrected chi connectivity index (χ2v) is 10.1. The fourth-order valence-electron chi connectivity index (χ4n) is 4.47. The average Bonchev–Trinajstić information content (AvgIpc) is 2.66. The lowest BCUT2D eigenvalue weighted by Gasteiger charge is -2.43. The summed E-state index contributed by atoms with van der Waals surface area (Å²) in [7, 11) is 0. The van der Waals surface area contributed by atoms with Crippen LogP contribution >= 0.6 is 0 Å². The van der Waals surface area contributed by atoms with E-state index in [0.717, 1.165) is 19.4 Å². The van der Waals surface area contributed by atoms with Gasteiger partial charge in [0.2, 0.25) is 0 Å². The van der Waals surface area contributed by atoms with Gasteiger partial charge in [0.15, 0.2) is 0 Å². The molecule has 0 radical (unpaired) electrons. The van der Waals surface area contributed by atoms with Gasteiger partial charge in [-0.05, 0) is 44.1 Å². The summed E-state index contributed by atoms with van der Waals surface area (Å²) in [4.78, 5) is 0. The number of nitrogens with one attached hydrogen (secondary N) is 1. The SMILES string of the molecule is CCCCCCCCCCCCCCCCNC1(CO)CCC(C)(C)CC1. The minimum absolute atomic E-state index is 0.0199. The van der Waals surface area contributed by atoms with Crippen molar-refractivity contribution in [2.45, 2.75) is 142 Å². The molecule has 1 aliphatic rings. The highest BCUT2D eigenvalue weighted by Gasteiger charge is 2.37. The molecule has 0 amide bonds. The Hall–Kier alpha value is -0.0800. The molecule has 2 heteroatoms. The highest BCUT2D eigenvalue weighted by atomic mass is 16.3. The summed E-state index contributed by atoms with van der Waals surface area (Å²) < 4.78 is 0. The quantitative estimate of drug-likeness (QED) is 0.257. The predicted octanol–water partition coefficient (Wildman–Crippen LogP) is 7.39. The number of hydrogen-bond acceptors (Lipinski definition) is 2. The molecule has 0 atom stereocenters. The zero-order chi connectivity index (χ0) is 19.8. The van der Waals surface area contributed by atoms with Gasteiger partial charge in [-0.2, -0.15) is 0 Å². The predicted molar refractivity (Wildman–Crippen MR) is 120 cm³/mol.